The second-order valence-electron chi connectivity index (χ2n) is 4.31. The summed E-state index contributed by atoms with van der Waals surface area (Å²) in [6, 6.07) is 5.63. The van der Waals surface area contributed by atoms with Crippen molar-refractivity contribution in [1.82, 2.24) is 14.5 Å². The lowest BCUT2D eigenvalue weighted by Crippen LogP contribution is -2.29. The summed E-state index contributed by atoms with van der Waals surface area (Å²) in [5.74, 6) is 0.772. The van der Waals surface area contributed by atoms with Gasteiger partial charge in [0.2, 0.25) is 5.91 Å². The van der Waals surface area contributed by atoms with Crippen molar-refractivity contribution in [2.45, 2.75) is 13.5 Å². The standard InChI is InChI=1S/C13H17N3O2S/c1-4-15(2)12(17)8-16-11-7-9(18-3)5-6-10(11)14-13(16)19/h5-7H,4,8H2,1-3H3,(H,14,19). The van der Waals surface area contributed by atoms with Crippen LogP contribution < -0.4 is 4.74 Å². The van der Waals surface area contributed by atoms with E-state index in [1.807, 2.05) is 25.1 Å². The quantitative estimate of drug-likeness (QED) is 0.873. The monoisotopic (exact) mass is 279 g/mol. The first-order chi connectivity index (χ1) is 9.06. The Morgan fingerprint density at radius 3 is 2.89 bits per heavy atom. The first-order valence-corrected chi connectivity index (χ1v) is 6.48. The van der Waals surface area contributed by atoms with E-state index in [0.717, 1.165) is 16.8 Å². The molecule has 19 heavy (non-hydrogen) atoms. The molecule has 0 atom stereocenters. The fourth-order valence-corrected chi connectivity index (χ4v) is 2.12. The number of carbonyl (C=O) groups is 1. The summed E-state index contributed by atoms with van der Waals surface area (Å²) in [7, 11) is 3.39. The normalized spacial score (nSPS) is 10.7. The summed E-state index contributed by atoms with van der Waals surface area (Å²) in [5.41, 5.74) is 1.78. The topological polar surface area (TPSA) is 50.3 Å². The molecule has 0 radical (unpaired) electrons. The Balaban J connectivity index is 2.44. The summed E-state index contributed by atoms with van der Waals surface area (Å²) in [6.07, 6.45) is 0. The summed E-state index contributed by atoms with van der Waals surface area (Å²) in [6.45, 7) is 2.85. The van der Waals surface area contributed by atoms with Gasteiger partial charge in [0.25, 0.3) is 0 Å². The van der Waals surface area contributed by atoms with Crippen molar-refractivity contribution in [3.63, 3.8) is 0 Å². The van der Waals surface area contributed by atoms with Gasteiger partial charge in [0.1, 0.15) is 12.3 Å². The number of amides is 1. The molecular formula is C13H17N3O2S. The molecule has 102 valence electrons. The van der Waals surface area contributed by atoms with Crippen molar-refractivity contribution < 1.29 is 9.53 Å². The lowest BCUT2D eigenvalue weighted by molar-refractivity contribution is -0.130. The molecule has 6 heteroatoms. The molecule has 0 aliphatic heterocycles. The Hall–Kier alpha value is -1.82. The number of aromatic nitrogens is 2. The molecule has 5 nitrogen and oxygen atoms in total. The fourth-order valence-electron chi connectivity index (χ4n) is 1.85. The number of likely N-dealkylation sites (N-methyl/N-ethyl adjacent to an activating group) is 1. The molecule has 1 aromatic heterocycles. The largest absolute Gasteiger partial charge is 0.497 e. The van der Waals surface area contributed by atoms with Gasteiger partial charge >= 0.3 is 0 Å². The third-order valence-electron chi connectivity index (χ3n) is 3.18. The Bertz CT molecular complexity index is 659. The zero-order valence-corrected chi connectivity index (χ0v) is 12.1. The Morgan fingerprint density at radius 2 is 2.26 bits per heavy atom. The van der Waals surface area contributed by atoms with Crippen LogP contribution in [0, 0.1) is 4.77 Å². The van der Waals surface area contributed by atoms with E-state index in [9.17, 15) is 4.79 Å². The molecule has 0 unspecified atom stereocenters. The summed E-state index contributed by atoms with van der Waals surface area (Å²) in [5, 5.41) is 0. The van der Waals surface area contributed by atoms with Gasteiger partial charge in [-0.05, 0) is 31.3 Å². The van der Waals surface area contributed by atoms with Gasteiger partial charge in [-0.3, -0.25) is 4.79 Å². The predicted molar refractivity (Wildman–Crippen MR) is 77.0 cm³/mol. The number of hydrogen-bond acceptors (Lipinski definition) is 3. The molecule has 0 fully saturated rings. The van der Waals surface area contributed by atoms with E-state index in [2.05, 4.69) is 4.98 Å². The zero-order chi connectivity index (χ0) is 14.0. The van der Waals surface area contributed by atoms with Crippen LogP contribution >= 0.6 is 12.2 Å². The summed E-state index contributed by atoms with van der Waals surface area (Å²) >= 11 is 5.27. The minimum atomic E-state index is 0.0299. The average molecular weight is 279 g/mol. The molecule has 0 bridgehead atoms. The zero-order valence-electron chi connectivity index (χ0n) is 11.3. The molecule has 0 aliphatic rings. The first kappa shape index (κ1) is 13.6. The lowest BCUT2D eigenvalue weighted by atomic mass is 10.3. The fraction of sp³-hybridized carbons (Fsp3) is 0.385. The Labute approximate surface area is 116 Å². The molecule has 1 heterocycles. The number of nitrogens with zero attached hydrogens (tertiary/aromatic N) is 2. The second kappa shape index (κ2) is 5.44. The van der Waals surface area contributed by atoms with Crippen LogP contribution in [0.2, 0.25) is 0 Å². The summed E-state index contributed by atoms with van der Waals surface area (Å²) < 4.78 is 7.54. The van der Waals surface area contributed by atoms with Gasteiger partial charge in [-0.25, -0.2) is 0 Å². The minimum absolute atomic E-state index is 0.0299. The number of carbonyl (C=O) groups excluding carboxylic acids is 1. The Kier molecular flexibility index (Phi) is 3.90. The van der Waals surface area contributed by atoms with Crippen LogP contribution in [-0.4, -0.2) is 41.1 Å². The maximum Gasteiger partial charge on any atom is 0.242 e. The van der Waals surface area contributed by atoms with Crippen molar-refractivity contribution in [1.29, 1.82) is 0 Å². The number of hydrogen-bond donors (Lipinski definition) is 1. The number of aromatic amines is 1. The molecule has 2 aromatic rings. The average Bonchev–Trinajstić information content (AvgIpc) is 2.73. The van der Waals surface area contributed by atoms with E-state index in [1.165, 1.54) is 0 Å². The first-order valence-electron chi connectivity index (χ1n) is 6.07. The molecule has 2 rings (SSSR count). The molecule has 0 saturated carbocycles. The SMILES string of the molecule is CCN(C)C(=O)Cn1c(=S)[nH]c2ccc(OC)cc21. The highest BCUT2D eigenvalue weighted by Crippen LogP contribution is 2.20. The number of nitrogens with one attached hydrogen (secondary N) is 1. The van der Waals surface area contributed by atoms with Crippen LogP contribution in [0.4, 0.5) is 0 Å². The maximum absolute atomic E-state index is 12.0. The van der Waals surface area contributed by atoms with E-state index in [-0.39, 0.29) is 12.5 Å². The molecule has 0 saturated heterocycles. The Morgan fingerprint density at radius 1 is 1.53 bits per heavy atom. The molecule has 0 spiro atoms. The van der Waals surface area contributed by atoms with Crippen LogP contribution in [-0.2, 0) is 11.3 Å². The van der Waals surface area contributed by atoms with Crippen molar-refractivity contribution >= 4 is 29.2 Å². The smallest absolute Gasteiger partial charge is 0.242 e. The lowest BCUT2D eigenvalue weighted by Gasteiger charge is -2.15. The van der Waals surface area contributed by atoms with E-state index >= 15 is 0 Å². The number of rotatable bonds is 4. The molecule has 1 amide bonds. The van der Waals surface area contributed by atoms with Gasteiger partial charge in [-0.2, -0.15) is 0 Å². The highest BCUT2D eigenvalue weighted by Gasteiger charge is 2.12. The van der Waals surface area contributed by atoms with E-state index < -0.39 is 0 Å². The van der Waals surface area contributed by atoms with E-state index in [4.69, 9.17) is 17.0 Å². The van der Waals surface area contributed by atoms with Gasteiger partial charge < -0.3 is 19.2 Å². The third kappa shape index (κ3) is 2.63. The van der Waals surface area contributed by atoms with Gasteiger partial charge in [-0.15, -0.1) is 0 Å². The molecule has 1 N–H and O–H groups in total. The third-order valence-corrected chi connectivity index (χ3v) is 3.50. The minimum Gasteiger partial charge on any atom is -0.497 e. The molecular weight excluding hydrogens is 262 g/mol. The second-order valence-corrected chi connectivity index (χ2v) is 4.69. The highest BCUT2D eigenvalue weighted by molar-refractivity contribution is 7.71. The van der Waals surface area contributed by atoms with Crippen molar-refractivity contribution in [2.24, 2.45) is 0 Å². The van der Waals surface area contributed by atoms with E-state index in [1.54, 1.807) is 23.6 Å². The number of methoxy groups -OCH3 is 1. The number of benzene rings is 1. The van der Waals surface area contributed by atoms with Gasteiger partial charge in [-0.1, -0.05) is 0 Å². The van der Waals surface area contributed by atoms with Crippen molar-refractivity contribution in [3.05, 3.63) is 23.0 Å². The number of fused-ring (bicyclic) bond motifs is 1. The maximum atomic E-state index is 12.0. The van der Waals surface area contributed by atoms with Gasteiger partial charge in [0.05, 0.1) is 18.1 Å². The van der Waals surface area contributed by atoms with Gasteiger partial charge in [0.15, 0.2) is 4.77 Å². The van der Waals surface area contributed by atoms with E-state index in [0.29, 0.717) is 11.3 Å². The molecule has 1 aromatic carbocycles. The number of ether oxygens (including phenoxy) is 1. The predicted octanol–water partition coefficient (Wildman–Crippen LogP) is 2.19. The van der Waals surface area contributed by atoms with Crippen LogP contribution in [0.25, 0.3) is 11.0 Å². The summed E-state index contributed by atoms with van der Waals surface area (Å²) in [4.78, 5) is 16.8. The van der Waals surface area contributed by atoms with Gasteiger partial charge in [0, 0.05) is 19.7 Å². The molecule has 0 aliphatic carbocycles. The number of H-pyrrole nitrogens is 1. The van der Waals surface area contributed by atoms with Crippen molar-refractivity contribution in [2.75, 3.05) is 20.7 Å². The van der Waals surface area contributed by atoms with Crippen LogP contribution in [0.1, 0.15) is 6.92 Å². The van der Waals surface area contributed by atoms with Crippen LogP contribution in [0.15, 0.2) is 18.2 Å². The van der Waals surface area contributed by atoms with Crippen LogP contribution in [0.3, 0.4) is 0 Å². The van der Waals surface area contributed by atoms with Crippen molar-refractivity contribution in [3.8, 4) is 5.75 Å². The van der Waals surface area contributed by atoms with Crippen LogP contribution in [0.5, 0.6) is 5.75 Å². The number of imidazole rings is 1. The highest BCUT2D eigenvalue weighted by atomic mass is 32.1.